The molecule has 0 saturated carbocycles. The molecule has 1 amide bonds. The summed E-state index contributed by atoms with van der Waals surface area (Å²) in [5.74, 6) is 0.494. The molecule has 0 fully saturated rings. The molecule has 1 aliphatic carbocycles. The summed E-state index contributed by atoms with van der Waals surface area (Å²) in [7, 11) is 3.10. The Labute approximate surface area is 140 Å². The highest BCUT2D eigenvalue weighted by Crippen LogP contribution is 2.37. The van der Waals surface area contributed by atoms with Crippen LogP contribution in [-0.4, -0.2) is 25.9 Å². The molecule has 2 aromatic rings. The minimum Gasteiger partial charge on any atom is -0.493 e. The van der Waals surface area contributed by atoms with E-state index in [4.69, 9.17) is 9.47 Å². The van der Waals surface area contributed by atoms with Gasteiger partial charge in [-0.05, 0) is 30.2 Å². The van der Waals surface area contributed by atoms with E-state index in [1.54, 1.807) is 38.5 Å². The van der Waals surface area contributed by atoms with Gasteiger partial charge in [0.15, 0.2) is 17.3 Å². The smallest absolute Gasteiger partial charge is 0.232 e. The predicted molar refractivity (Wildman–Crippen MR) is 91.0 cm³/mol. The Kier molecular flexibility index (Phi) is 4.25. The zero-order valence-corrected chi connectivity index (χ0v) is 13.9. The number of ether oxygens (including phenoxy) is 2. The molecule has 5 heteroatoms. The van der Waals surface area contributed by atoms with Crippen molar-refractivity contribution in [2.75, 3.05) is 19.5 Å². The maximum atomic E-state index is 12.7. The van der Waals surface area contributed by atoms with Gasteiger partial charge in [0, 0.05) is 23.7 Å². The average Bonchev–Trinajstić information content (AvgIpc) is 2.93. The van der Waals surface area contributed by atoms with Crippen LogP contribution in [0.3, 0.4) is 0 Å². The van der Waals surface area contributed by atoms with E-state index in [-0.39, 0.29) is 18.1 Å². The third-order valence-corrected chi connectivity index (χ3v) is 4.33. The molecule has 3 rings (SSSR count). The summed E-state index contributed by atoms with van der Waals surface area (Å²) in [6.45, 7) is 1.92. The van der Waals surface area contributed by atoms with Crippen molar-refractivity contribution >= 4 is 17.4 Å². The quantitative estimate of drug-likeness (QED) is 0.936. The second-order valence-electron chi connectivity index (χ2n) is 5.78. The van der Waals surface area contributed by atoms with E-state index >= 15 is 0 Å². The van der Waals surface area contributed by atoms with Crippen molar-refractivity contribution in [1.29, 1.82) is 0 Å². The summed E-state index contributed by atoms with van der Waals surface area (Å²) in [6.07, 6.45) is 0.208. The molecule has 2 aromatic carbocycles. The molecule has 5 nitrogen and oxygen atoms in total. The Morgan fingerprint density at radius 1 is 1.12 bits per heavy atom. The first-order valence-electron chi connectivity index (χ1n) is 7.70. The van der Waals surface area contributed by atoms with Crippen LogP contribution in [0.5, 0.6) is 11.5 Å². The van der Waals surface area contributed by atoms with Crippen LogP contribution in [0.1, 0.15) is 33.8 Å². The molecule has 0 aromatic heterocycles. The van der Waals surface area contributed by atoms with Gasteiger partial charge in [0.2, 0.25) is 5.91 Å². The Morgan fingerprint density at radius 3 is 2.58 bits per heavy atom. The molecule has 1 atom stereocenters. The van der Waals surface area contributed by atoms with Gasteiger partial charge in [0.05, 0.1) is 20.1 Å². The first-order chi connectivity index (χ1) is 11.5. The van der Waals surface area contributed by atoms with E-state index in [2.05, 4.69) is 5.32 Å². The van der Waals surface area contributed by atoms with Gasteiger partial charge in [0.1, 0.15) is 0 Å². The standard InChI is InChI=1S/C19H19NO4/c1-11-5-4-6-13-15(21)10-14(18(11)13)19(22)20-12-7-8-16(23-2)17(9-12)24-3/h4-9,14H,10H2,1-3H3,(H,20,22). The number of aryl methyl sites for hydroxylation is 1. The van der Waals surface area contributed by atoms with E-state index in [0.29, 0.717) is 22.7 Å². The summed E-state index contributed by atoms with van der Waals surface area (Å²) in [4.78, 5) is 24.8. The lowest BCUT2D eigenvalue weighted by Gasteiger charge is -2.15. The van der Waals surface area contributed by atoms with Gasteiger partial charge in [-0.1, -0.05) is 18.2 Å². The van der Waals surface area contributed by atoms with Crippen molar-refractivity contribution in [3.63, 3.8) is 0 Å². The molecule has 0 saturated heterocycles. The van der Waals surface area contributed by atoms with Gasteiger partial charge in [-0.2, -0.15) is 0 Å². The van der Waals surface area contributed by atoms with Crippen molar-refractivity contribution in [2.45, 2.75) is 19.3 Å². The van der Waals surface area contributed by atoms with Gasteiger partial charge in [-0.3, -0.25) is 9.59 Å². The molecule has 0 aliphatic heterocycles. The van der Waals surface area contributed by atoms with Crippen LogP contribution in [-0.2, 0) is 4.79 Å². The van der Waals surface area contributed by atoms with Gasteiger partial charge in [-0.15, -0.1) is 0 Å². The van der Waals surface area contributed by atoms with Crippen molar-refractivity contribution in [2.24, 2.45) is 0 Å². The van der Waals surface area contributed by atoms with Crippen LogP contribution < -0.4 is 14.8 Å². The Hall–Kier alpha value is -2.82. The Bertz CT molecular complexity index is 813. The fourth-order valence-electron chi connectivity index (χ4n) is 3.15. The number of Topliss-reactive ketones (excluding diaryl/α,β-unsaturated/α-hetero) is 1. The molecular formula is C19H19NO4. The predicted octanol–water partition coefficient (Wildman–Crippen LogP) is 3.32. The maximum absolute atomic E-state index is 12.7. The fraction of sp³-hybridized carbons (Fsp3) is 0.263. The largest absolute Gasteiger partial charge is 0.493 e. The normalized spacial score (nSPS) is 15.8. The van der Waals surface area contributed by atoms with Crippen LogP contribution >= 0.6 is 0 Å². The summed E-state index contributed by atoms with van der Waals surface area (Å²) in [6, 6.07) is 10.7. The zero-order chi connectivity index (χ0) is 17.3. The number of hydrogen-bond donors (Lipinski definition) is 1. The summed E-state index contributed by atoms with van der Waals surface area (Å²) in [5.41, 5.74) is 3.06. The number of carbonyl (C=O) groups excluding carboxylic acids is 2. The van der Waals surface area contributed by atoms with Crippen LogP contribution in [0, 0.1) is 6.92 Å². The SMILES string of the molecule is COc1ccc(NC(=O)C2CC(=O)c3cccc(C)c32)cc1OC. The van der Waals surface area contributed by atoms with Crippen LogP contribution in [0.25, 0.3) is 0 Å². The lowest BCUT2D eigenvalue weighted by molar-refractivity contribution is -0.117. The molecule has 0 spiro atoms. The lowest BCUT2D eigenvalue weighted by Crippen LogP contribution is -2.20. The average molecular weight is 325 g/mol. The van der Waals surface area contributed by atoms with Crippen LogP contribution in [0.15, 0.2) is 36.4 Å². The number of anilines is 1. The van der Waals surface area contributed by atoms with Crippen molar-refractivity contribution < 1.29 is 19.1 Å². The van der Waals surface area contributed by atoms with E-state index in [9.17, 15) is 9.59 Å². The minimum atomic E-state index is -0.457. The Balaban J connectivity index is 1.86. The van der Waals surface area contributed by atoms with E-state index in [1.165, 1.54) is 0 Å². The second kappa shape index (κ2) is 6.35. The number of carbonyl (C=O) groups is 2. The fourth-order valence-corrected chi connectivity index (χ4v) is 3.15. The summed E-state index contributed by atoms with van der Waals surface area (Å²) < 4.78 is 10.4. The Morgan fingerprint density at radius 2 is 1.88 bits per heavy atom. The summed E-state index contributed by atoms with van der Waals surface area (Å²) >= 11 is 0. The maximum Gasteiger partial charge on any atom is 0.232 e. The second-order valence-corrected chi connectivity index (χ2v) is 5.78. The number of ketones is 1. The van der Waals surface area contributed by atoms with Gasteiger partial charge in [-0.25, -0.2) is 0 Å². The number of benzene rings is 2. The first-order valence-corrected chi connectivity index (χ1v) is 7.70. The molecule has 0 bridgehead atoms. The van der Waals surface area contributed by atoms with E-state index < -0.39 is 5.92 Å². The number of rotatable bonds is 4. The molecule has 1 N–H and O–H groups in total. The number of amides is 1. The van der Waals surface area contributed by atoms with Crippen molar-refractivity contribution in [3.05, 3.63) is 53.1 Å². The summed E-state index contributed by atoms with van der Waals surface area (Å²) in [5, 5.41) is 2.87. The monoisotopic (exact) mass is 325 g/mol. The highest BCUT2D eigenvalue weighted by molar-refractivity contribution is 6.09. The number of nitrogens with one attached hydrogen (secondary N) is 1. The van der Waals surface area contributed by atoms with Crippen molar-refractivity contribution in [3.8, 4) is 11.5 Å². The van der Waals surface area contributed by atoms with E-state index in [0.717, 1.165) is 11.1 Å². The first kappa shape index (κ1) is 16.1. The van der Waals surface area contributed by atoms with Gasteiger partial charge < -0.3 is 14.8 Å². The third kappa shape index (κ3) is 2.73. The molecular weight excluding hydrogens is 306 g/mol. The third-order valence-electron chi connectivity index (χ3n) is 4.33. The van der Waals surface area contributed by atoms with Crippen molar-refractivity contribution in [1.82, 2.24) is 0 Å². The topological polar surface area (TPSA) is 64.6 Å². The minimum absolute atomic E-state index is 0.0150. The van der Waals surface area contributed by atoms with Gasteiger partial charge in [0.25, 0.3) is 0 Å². The molecule has 0 heterocycles. The molecule has 1 aliphatic rings. The molecule has 124 valence electrons. The number of methoxy groups -OCH3 is 2. The number of fused-ring (bicyclic) bond motifs is 1. The number of hydrogen-bond acceptors (Lipinski definition) is 4. The van der Waals surface area contributed by atoms with Crippen LogP contribution in [0.4, 0.5) is 5.69 Å². The molecule has 1 unspecified atom stereocenters. The molecule has 24 heavy (non-hydrogen) atoms. The highest BCUT2D eigenvalue weighted by Gasteiger charge is 2.35. The van der Waals surface area contributed by atoms with Gasteiger partial charge >= 0.3 is 0 Å². The highest BCUT2D eigenvalue weighted by atomic mass is 16.5. The van der Waals surface area contributed by atoms with Crippen LogP contribution in [0.2, 0.25) is 0 Å². The van der Waals surface area contributed by atoms with E-state index in [1.807, 2.05) is 19.1 Å². The zero-order valence-electron chi connectivity index (χ0n) is 13.9. The lowest BCUT2D eigenvalue weighted by atomic mass is 9.96. The molecule has 0 radical (unpaired) electrons.